The van der Waals surface area contributed by atoms with Crippen LogP contribution in [0.25, 0.3) is 11.3 Å². The molecule has 2 aromatic carbocycles. The number of fused-ring (bicyclic) bond motifs is 1. The van der Waals surface area contributed by atoms with Gasteiger partial charge in [0.15, 0.2) is 0 Å². The SMILES string of the molecule is O=C(NCCN1CCc2ccccc21)c1ccc(-c2ccccc2)[nH]c1=O. The first-order valence-corrected chi connectivity index (χ1v) is 9.12. The summed E-state index contributed by atoms with van der Waals surface area (Å²) in [6, 6.07) is 21.2. The van der Waals surface area contributed by atoms with Gasteiger partial charge in [-0.15, -0.1) is 0 Å². The standard InChI is InChI=1S/C22H21N3O2/c26-21(23-13-15-25-14-12-17-8-4-5-9-20(17)25)18-10-11-19(24-22(18)27)16-6-2-1-3-7-16/h1-11H,12-15H2,(H,23,26)(H,24,27). The van der Waals surface area contributed by atoms with Gasteiger partial charge in [-0.05, 0) is 35.7 Å². The van der Waals surface area contributed by atoms with Gasteiger partial charge in [-0.2, -0.15) is 0 Å². The van der Waals surface area contributed by atoms with E-state index in [4.69, 9.17) is 0 Å². The lowest BCUT2D eigenvalue weighted by Gasteiger charge is -2.19. The molecule has 2 N–H and O–H groups in total. The van der Waals surface area contributed by atoms with Crippen molar-refractivity contribution in [3.8, 4) is 11.3 Å². The summed E-state index contributed by atoms with van der Waals surface area (Å²) in [7, 11) is 0. The number of hydrogen-bond acceptors (Lipinski definition) is 3. The number of nitrogens with one attached hydrogen (secondary N) is 2. The van der Waals surface area contributed by atoms with Crippen molar-refractivity contribution in [3.05, 3.63) is 88.2 Å². The van der Waals surface area contributed by atoms with E-state index in [9.17, 15) is 9.59 Å². The zero-order valence-electron chi connectivity index (χ0n) is 14.9. The molecule has 1 aliphatic heterocycles. The Morgan fingerprint density at radius 1 is 1.00 bits per heavy atom. The summed E-state index contributed by atoms with van der Waals surface area (Å²) in [6.45, 7) is 2.18. The molecule has 27 heavy (non-hydrogen) atoms. The Kier molecular flexibility index (Phi) is 4.75. The van der Waals surface area contributed by atoms with Gasteiger partial charge in [0.05, 0.1) is 0 Å². The number of aromatic amines is 1. The molecular formula is C22H21N3O2. The van der Waals surface area contributed by atoms with Crippen LogP contribution in [-0.4, -0.2) is 30.5 Å². The van der Waals surface area contributed by atoms with Crippen molar-refractivity contribution in [2.24, 2.45) is 0 Å². The molecule has 0 fully saturated rings. The largest absolute Gasteiger partial charge is 0.369 e. The van der Waals surface area contributed by atoms with Crippen LogP contribution in [0.2, 0.25) is 0 Å². The molecule has 4 rings (SSSR count). The number of rotatable bonds is 5. The number of nitrogens with zero attached hydrogens (tertiary/aromatic N) is 1. The summed E-state index contributed by atoms with van der Waals surface area (Å²) in [6.07, 6.45) is 1.03. The van der Waals surface area contributed by atoms with Crippen LogP contribution in [0.3, 0.4) is 0 Å². The van der Waals surface area contributed by atoms with E-state index >= 15 is 0 Å². The van der Waals surface area contributed by atoms with Crippen molar-refractivity contribution in [2.75, 3.05) is 24.5 Å². The molecule has 0 unspecified atom stereocenters. The van der Waals surface area contributed by atoms with E-state index in [1.807, 2.05) is 36.4 Å². The van der Waals surface area contributed by atoms with Gasteiger partial charge in [0.1, 0.15) is 5.56 Å². The van der Waals surface area contributed by atoms with Gasteiger partial charge in [-0.25, -0.2) is 0 Å². The normalized spacial score (nSPS) is 12.7. The molecule has 0 saturated heterocycles. The van der Waals surface area contributed by atoms with Crippen LogP contribution in [-0.2, 0) is 6.42 Å². The first kappa shape index (κ1) is 17.1. The first-order chi connectivity index (χ1) is 13.2. The number of H-pyrrole nitrogens is 1. The number of carbonyl (C=O) groups is 1. The van der Waals surface area contributed by atoms with E-state index < -0.39 is 0 Å². The van der Waals surface area contributed by atoms with Gasteiger partial charge < -0.3 is 15.2 Å². The maximum Gasteiger partial charge on any atom is 0.261 e. The van der Waals surface area contributed by atoms with Crippen molar-refractivity contribution in [1.82, 2.24) is 10.3 Å². The molecule has 0 aliphatic carbocycles. The molecule has 3 aromatic rings. The van der Waals surface area contributed by atoms with Crippen molar-refractivity contribution < 1.29 is 4.79 Å². The molecule has 1 aromatic heterocycles. The summed E-state index contributed by atoms with van der Waals surface area (Å²) in [5.74, 6) is -0.344. The quantitative estimate of drug-likeness (QED) is 0.736. The second kappa shape index (κ2) is 7.50. The lowest BCUT2D eigenvalue weighted by atomic mass is 10.1. The minimum absolute atomic E-state index is 0.136. The maximum atomic E-state index is 12.4. The second-order valence-electron chi connectivity index (χ2n) is 6.60. The van der Waals surface area contributed by atoms with Crippen molar-refractivity contribution >= 4 is 11.6 Å². The third kappa shape index (κ3) is 3.62. The zero-order chi connectivity index (χ0) is 18.6. The molecule has 5 nitrogen and oxygen atoms in total. The van der Waals surface area contributed by atoms with E-state index in [0.29, 0.717) is 12.2 Å². The highest BCUT2D eigenvalue weighted by Gasteiger charge is 2.18. The van der Waals surface area contributed by atoms with Crippen LogP contribution >= 0.6 is 0 Å². The Morgan fingerprint density at radius 3 is 2.59 bits per heavy atom. The Hall–Kier alpha value is -3.34. The molecule has 2 heterocycles. The van der Waals surface area contributed by atoms with Crippen LogP contribution in [0.5, 0.6) is 0 Å². The molecule has 136 valence electrons. The average molecular weight is 359 g/mol. The van der Waals surface area contributed by atoms with Crippen LogP contribution < -0.4 is 15.8 Å². The Labute approximate surface area is 157 Å². The predicted molar refractivity (Wildman–Crippen MR) is 107 cm³/mol. The maximum absolute atomic E-state index is 12.4. The summed E-state index contributed by atoms with van der Waals surface area (Å²) >= 11 is 0. The highest BCUT2D eigenvalue weighted by Crippen LogP contribution is 2.26. The van der Waals surface area contributed by atoms with Gasteiger partial charge in [-0.3, -0.25) is 9.59 Å². The smallest absolute Gasteiger partial charge is 0.261 e. The highest BCUT2D eigenvalue weighted by atomic mass is 16.2. The Morgan fingerprint density at radius 2 is 1.78 bits per heavy atom. The topological polar surface area (TPSA) is 65.2 Å². The summed E-state index contributed by atoms with van der Waals surface area (Å²) < 4.78 is 0. The van der Waals surface area contributed by atoms with Crippen LogP contribution in [0, 0.1) is 0 Å². The fraction of sp³-hybridized carbons (Fsp3) is 0.182. The van der Waals surface area contributed by atoms with Crippen molar-refractivity contribution in [1.29, 1.82) is 0 Å². The van der Waals surface area contributed by atoms with E-state index in [1.165, 1.54) is 11.3 Å². The van der Waals surface area contributed by atoms with Gasteiger partial charge >= 0.3 is 0 Å². The fourth-order valence-corrected chi connectivity index (χ4v) is 3.48. The molecule has 0 spiro atoms. The molecule has 0 saturated carbocycles. The number of hydrogen-bond donors (Lipinski definition) is 2. The third-order valence-electron chi connectivity index (χ3n) is 4.89. The third-order valence-corrected chi connectivity index (χ3v) is 4.89. The molecule has 1 aliphatic rings. The Bertz CT molecular complexity index is 1010. The lowest BCUT2D eigenvalue weighted by molar-refractivity contribution is 0.0953. The molecule has 0 bridgehead atoms. The number of aromatic nitrogens is 1. The van der Waals surface area contributed by atoms with E-state index in [-0.39, 0.29) is 17.0 Å². The number of anilines is 1. The molecular weight excluding hydrogens is 338 g/mol. The lowest BCUT2D eigenvalue weighted by Crippen LogP contribution is -2.36. The number of benzene rings is 2. The predicted octanol–water partition coefficient (Wildman–Crippen LogP) is 2.83. The number of para-hydroxylation sites is 1. The van der Waals surface area contributed by atoms with Crippen molar-refractivity contribution in [2.45, 2.75) is 6.42 Å². The van der Waals surface area contributed by atoms with Gasteiger partial charge in [0.25, 0.3) is 11.5 Å². The summed E-state index contributed by atoms with van der Waals surface area (Å²) in [5.41, 5.74) is 3.95. The minimum atomic E-state index is -0.375. The molecule has 0 radical (unpaired) electrons. The molecule has 1 amide bonds. The summed E-state index contributed by atoms with van der Waals surface area (Å²) in [4.78, 5) is 29.7. The number of amides is 1. The Balaban J connectivity index is 1.38. The molecule has 5 heteroatoms. The van der Waals surface area contributed by atoms with Crippen LogP contribution in [0.15, 0.2) is 71.5 Å². The summed E-state index contributed by atoms with van der Waals surface area (Å²) in [5, 5.41) is 2.86. The van der Waals surface area contributed by atoms with Crippen molar-refractivity contribution in [3.63, 3.8) is 0 Å². The number of pyridine rings is 1. The van der Waals surface area contributed by atoms with Crippen LogP contribution in [0.4, 0.5) is 5.69 Å². The van der Waals surface area contributed by atoms with Gasteiger partial charge in [0.2, 0.25) is 0 Å². The van der Waals surface area contributed by atoms with E-state index in [0.717, 1.165) is 25.1 Å². The molecule has 0 atom stereocenters. The van der Waals surface area contributed by atoms with Gasteiger partial charge in [0, 0.05) is 31.0 Å². The fourth-order valence-electron chi connectivity index (χ4n) is 3.48. The first-order valence-electron chi connectivity index (χ1n) is 9.12. The highest BCUT2D eigenvalue weighted by molar-refractivity contribution is 5.94. The van der Waals surface area contributed by atoms with Crippen LogP contribution in [0.1, 0.15) is 15.9 Å². The minimum Gasteiger partial charge on any atom is -0.369 e. The average Bonchev–Trinajstić information content (AvgIpc) is 3.12. The second-order valence-corrected chi connectivity index (χ2v) is 6.60. The number of carbonyl (C=O) groups excluding carboxylic acids is 1. The van der Waals surface area contributed by atoms with Gasteiger partial charge in [-0.1, -0.05) is 48.5 Å². The monoisotopic (exact) mass is 359 g/mol. The zero-order valence-corrected chi connectivity index (χ0v) is 14.9. The van der Waals surface area contributed by atoms with E-state index in [1.54, 1.807) is 12.1 Å². The van der Waals surface area contributed by atoms with E-state index in [2.05, 4.69) is 33.4 Å².